The lowest BCUT2D eigenvalue weighted by Gasteiger charge is -2.19. The maximum absolute atomic E-state index is 11.9. The SMILES string of the molecule is CC[C@H](CO)NC(=O)C(C)Oc1ccc(Cl)cc1C. The minimum Gasteiger partial charge on any atom is -0.481 e. The van der Waals surface area contributed by atoms with Crippen molar-refractivity contribution >= 4 is 17.5 Å². The second kappa shape index (κ2) is 7.36. The van der Waals surface area contributed by atoms with E-state index in [0.717, 1.165) is 5.56 Å². The van der Waals surface area contributed by atoms with E-state index >= 15 is 0 Å². The molecule has 0 aliphatic heterocycles. The van der Waals surface area contributed by atoms with E-state index in [-0.39, 0.29) is 18.6 Å². The van der Waals surface area contributed by atoms with Crippen LogP contribution < -0.4 is 10.1 Å². The van der Waals surface area contributed by atoms with Gasteiger partial charge in [-0.15, -0.1) is 0 Å². The van der Waals surface area contributed by atoms with E-state index in [4.69, 9.17) is 21.4 Å². The third-order valence-electron chi connectivity index (χ3n) is 2.87. The molecule has 106 valence electrons. The zero-order chi connectivity index (χ0) is 14.4. The summed E-state index contributed by atoms with van der Waals surface area (Å²) in [4.78, 5) is 11.9. The van der Waals surface area contributed by atoms with Gasteiger partial charge in [0.1, 0.15) is 5.75 Å². The van der Waals surface area contributed by atoms with Crippen LogP contribution in [0.5, 0.6) is 5.75 Å². The van der Waals surface area contributed by atoms with Crippen molar-refractivity contribution in [3.05, 3.63) is 28.8 Å². The Morgan fingerprint density at radius 3 is 2.74 bits per heavy atom. The molecule has 1 aromatic carbocycles. The summed E-state index contributed by atoms with van der Waals surface area (Å²) in [6.45, 7) is 5.37. The largest absolute Gasteiger partial charge is 0.481 e. The molecule has 5 heteroatoms. The van der Waals surface area contributed by atoms with Crippen molar-refractivity contribution in [1.82, 2.24) is 5.32 Å². The smallest absolute Gasteiger partial charge is 0.261 e. The number of nitrogens with one attached hydrogen (secondary N) is 1. The Labute approximate surface area is 118 Å². The topological polar surface area (TPSA) is 58.6 Å². The van der Waals surface area contributed by atoms with Gasteiger partial charge in [0.25, 0.3) is 5.91 Å². The first-order valence-electron chi connectivity index (χ1n) is 6.32. The molecule has 0 radical (unpaired) electrons. The molecule has 0 aromatic heterocycles. The highest BCUT2D eigenvalue weighted by Crippen LogP contribution is 2.22. The first-order chi connectivity index (χ1) is 8.97. The summed E-state index contributed by atoms with van der Waals surface area (Å²) in [6.07, 6.45) is 0.0510. The highest BCUT2D eigenvalue weighted by molar-refractivity contribution is 6.30. The Morgan fingerprint density at radius 2 is 2.21 bits per heavy atom. The van der Waals surface area contributed by atoms with Crippen LogP contribution in [0.15, 0.2) is 18.2 Å². The van der Waals surface area contributed by atoms with Crippen LogP contribution in [0, 0.1) is 6.92 Å². The molecule has 1 unspecified atom stereocenters. The van der Waals surface area contributed by atoms with Crippen molar-refractivity contribution in [2.75, 3.05) is 6.61 Å². The zero-order valence-electron chi connectivity index (χ0n) is 11.4. The number of rotatable bonds is 6. The van der Waals surface area contributed by atoms with Crippen molar-refractivity contribution in [1.29, 1.82) is 0 Å². The van der Waals surface area contributed by atoms with Gasteiger partial charge in [-0.05, 0) is 44.0 Å². The maximum Gasteiger partial charge on any atom is 0.261 e. The molecule has 0 bridgehead atoms. The van der Waals surface area contributed by atoms with Crippen molar-refractivity contribution in [2.24, 2.45) is 0 Å². The summed E-state index contributed by atoms with van der Waals surface area (Å²) in [5.41, 5.74) is 0.876. The second-order valence-corrected chi connectivity index (χ2v) is 4.90. The van der Waals surface area contributed by atoms with Gasteiger partial charge in [-0.2, -0.15) is 0 Å². The van der Waals surface area contributed by atoms with Gasteiger partial charge in [-0.1, -0.05) is 18.5 Å². The Bertz CT molecular complexity index is 433. The van der Waals surface area contributed by atoms with Crippen molar-refractivity contribution in [3.8, 4) is 5.75 Å². The van der Waals surface area contributed by atoms with Gasteiger partial charge in [0.2, 0.25) is 0 Å². The number of hydrogen-bond donors (Lipinski definition) is 2. The fourth-order valence-corrected chi connectivity index (χ4v) is 1.81. The van der Waals surface area contributed by atoms with E-state index in [2.05, 4.69) is 5.32 Å². The van der Waals surface area contributed by atoms with Crippen LogP contribution in [-0.2, 0) is 4.79 Å². The molecular formula is C14H20ClNO3. The molecule has 19 heavy (non-hydrogen) atoms. The van der Waals surface area contributed by atoms with Gasteiger partial charge in [0.05, 0.1) is 12.6 Å². The van der Waals surface area contributed by atoms with Gasteiger partial charge in [0.15, 0.2) is 6.10 Å². The normalized spacial score (nSPS) is 13.7. The lowest BCUT2D eigenvalue weighted by atomic mass is 10.2. The van der Waals surface area contributed by atoms with E-state index < -0.39 is 6.10 Å². The van der Waals surface area contributed by atoms with Gasteiger partial charge in [-0.25, -0.2) is 0 Å². The molecular weight excluding hydrogens is 266 g/mol. The molecule has 0 spiro atoms. The van der Waals surface area contributed by atoms with Crippen molar-refractivity contribution in [3.63, 3.8) is 0 Å². The minimum atomic E-state index is -0.625. The van der Waals surface area contributed by atoms with Crippen LogP contribution in [-0.4, -0.2) is 29.8 Å². The zero-order valence-corrected chi connectivity index (χ0v) is 12.2. The average Bonchev–Trinajstić information content (AvgIpc) is 2.38. The number of carbonyl (C=O) groups excluding carboxylic acids is 1. The Kier molecular flexibility index (Phi) is 6.12. The molecule has 1 amide bonds. The first-order valence-corrected chi connectivity index (χ1v) is 6.69. The average molecular weight is 286 g/mol. The third kappa shape index (κ3) is 4.73. The fraction of sp³-hybridized carbons (Fsp3) is 0.500. The fourth-order valence-electron chi connectivity index (χ4n) is 1.58. The summed E-state index contributed by atoms with van der Waals surface area (Å²) < 4.78 is 5.60. The van der Waals surface area contributed by atoms with Gasteiger partial charge in [-0.3, -0.25) is 4.79 Å². The van der Waals surface area contributed by atoms with Crippen LogP contribution in [0.2, 0.25) is 5.02 Å². The number of ether oxygens (including phenoxy) is 1. The van der Waals surface area contributed by atoms with E-state index in [0.29, 0.717) is 17.2 Å². The predicted molar refractivity (Wildman–Crippen MR) is 75.6 cm³/mol. The number of halogens is 1. The summed E-state index contributed by atoms with van der Waals surface area (Å²) in [5.74, 6) is 0.388. The number of aliphatic hydroxyl groups excluding tert-OH is 1. The number of aliphatic hydroxyl groups is 1. The summed E-state index contributed by atoms with van der Waals surface area (Å²) in [7, 11) is 0. The third-order valence-corrected chi connectivity index (χ3v) is 3.10. The number of amides is 1. The van der Waals surface area contributed by atoms with Gasteiger partial charge >= 0.3 is 0 Å². The van der Waals surface area contributed by atoms with Crippen molar-refractivity contribution in [2.45, 2.75) is 39.3 Å². The molecule has 0 saturated heterocycles. The minimum absolute atomic E-state index is 0.0745. The summed E-state index contributed by atoms with van der Waals surface area (Å²) in [5, 5.41) is 12.4. The van der Waals surface area contributed by atoms with Crippen molar-refractivity contribution < 1.29 is 14.6 Å². The number of hydrogen-bond acceptors (Lipinski definition) is 3. The molecule has 1 rings (SSSR count). The molecule has 1 aromatic rings. The molecule has 0 heterocycles. The molecule has 0 aliphatic carbocycles. The predicted octanol–water partition coefficient (Wildman–Crippen LogP) is 2.30. The molecule has 0 aliphatic rings. The Hall–Kier alpha value is -1.26. The van der Waals surface area contributed by atoms with Crippen LogP contribution in [0.3, 0.4) is 0 Å². The quantitative estimate of drug-likeness (QED) is 0.843. The van der Waals surface area contributed by atoms with Crippen LogP contribution in [0.25, 0.3) is 0 Å². The number of carbonyl (C=O) groups is 1. The standard InChI is InChI=1S/C14H20ClNO3/c1-4-12(8-17)16-14(18)10(3)19-13-6-5-11(15)7-9(13)2/h5-7,10,12,17H,4,8H2,1-3H3,(H,16,18)/t10?,12-/m1/s1. The molecule has 0 saturated carbocycles. The maximum atomic E-state index is 11.9. The molecule has 2 N–H and O–H groups in total. The number of benzene rings is 1. The van der Waals surface area contributed by atoms with Gasteiger partial charge in [0, 0.05) is 5.02 Å². The second-order valence-electron chi connectivity index (χ2n) is 4.47. The Morgan fingerprint density at radius 1 is 1.53 bits per heavy atom. The summed E-state index contributed by atoms with van der Waals surface area (Å²) >= 11 is 5.86. The lowest BCUT2D eigenvalue weighted by molar-refractivity contribution is -0.128. The molecule has 4 nitrogen and oxygen atoms in total. The lowest BCUT2D eigenvalue weighted by Crippen LogP contribution is -2.43. The number of aryl methyl sites for hydroxylation is 1. The highest BCUT2D eigenvalue weighted by atomic mass is 35.5. The van der Waals surface area contributed by atoms with E-state index in [1.54, 1.807) is 25.1 Å². The van der Waals surface area contributed by atoms with E-state index in [9.17, 15) is 4.79 Å². The van der Waals surface area contributed by atoms with E-state index in [1.165, 1.54) is 0 Å². The Balaban J connectivity index is 2.63. The molecule has 2 atom stereocenters. The van der Waals surface area contributed by atoms with Crippen LogP contribution in [0.1, 0.15) is 25.8 Å². The van der Waals surface area contributed by atoms with Gasteiger partial charge < -0.3 is 15.2 Å². The highest BCUT2D eigenvalue weighted by Gasteiger charge is 2.18. The first kappa shape index (κ1) is 15.8. The van der Waals surface area contributed by atoms with Crippen LogP contribution in [0.4, 0.5) is 0 Å². The molecule has 0 fully saturated rings. The van der Waals surface area contributed by atoms with E-state index in [1.807, 2.05) is 13.8 Å². The monoisotopic (exact) mass is 285 g/mol. The summed E-state index contributed by atoms with van der Waals surface area (Å²) in [6, 6.07) is 5.01. The van der Waals surface area contributed by atoms with Crippen LogP contribution >= 0.6 is 11.6 Å².